The van der Waals surface area contributed by atoms with E-state index in [1.165, 1.54) is 0 Å². The summed E-state index contributed by atoms with van der Waals surface area (Å²) in [4.78, 5) is 15.2. The molecule has 0 saturated heterocycles. The summed E-state index contributed by atoms with van der Waals surface area (Å²) in [6.45, 7) is 2.41. The lowest BCUT2D eigenvalue weighted by Gasteiger charge is -2.29. The Balaban J connectivity index is 2.17. The fraction of sp³-hybridized carbons (Fsp3) is 0.786. The van der Waals surface area contributed by atoms with Crippen molar-refractivity contribution in [1.82, 2.24) is 10.1 Å². The zero-order valence-electron chi connectivity index (χ0n) is 12.1. The molecular formula is C14H20F2N2O3. The molecule has 1 aliphatic carbocycles. The lowest BCUT2D eigenvalue weighted by atomic mass is 9.93. The molecule has 0 unspecified atom stereocenters. The second-order valence-electron chi connectivity index (χ2n) is 5.30. The lowest BCUT2D eigenvalue weighted by molar-refractivity contribution is -0.129. The van der Waals surface area contributed by atoms with Gasteiger partial charge in [-0.25, -0.2) is 8.78 Å². The molecule has 0 atom stereocenters. The van der Waals surface area contributed by atoms with Gasteiger partial charge in [0.05, 0.1) is 6.42 Å². The van der Waals surface area contributed by atoms with E-state index in [4.69, 9.17) is 9.26 Å². The van der Waals surface area contributed by atoms with E-state index in [0.29, 0.717) is 12.4 Å². The highest BCUT2D eigenvalue weighted by Crippen LogP contribution is 2.38. The van der Waals surface area contributed by atoms with Gasteiger partial charge in [0.2, 0.25) is 17.5 Å². The summed E-state index contributed by atoms with van der Waals surface area (Å²) in [5, 5.41) is 3.88. The first kappa shape index (κ1) is 16.0. The van der Waals surface area contributed by atoms with E-state index in [2.05, 4.69) is 10.1 Å². The van der Waals surface area contributed by atoms with Crippen molar-refractivity contribution in [2.75, 3.05) is 6.61 Å². The second kappa shape index (κ2) is 7.06. The Bertz CT molecular complexity index is 469. The van der Waals surface area contributed by atoms with Crippen LogP contribution in [0.3, 0.4) is 0 Å². The summed E-state index contributed by atoms with van der Waals surface area (Å²) in [6.07, 6.45) is 2.27. The number of ketones is 1. The molecule has 0 N–H and O–H groups in total. The van der Waals surface area contributed by atoms with Crippen molar-refractivity contribution < 1.29 is 22.8 Å². The number of hydrogen-bond donors (Lipinski definition) is 0. The van der Waals surface area contributed by atoms with E-state index >= 15 is 0 Å². The van der Waals surface area contributed by atoms with Crippen LogP contribution in [-0.4, -0.2) is 29.0 Å². The predicted molar refractivity (Wildman–Crippen MR) is 70.0 cm³/mol. The van der Waals surface area contributed by atoms with Gasteiger partial charge >= 0.3 is 0 Å². The Hall–Kier alpha value is -1.37. The minimum atomic E-state index is -3.01. The van der Waals surface area contributed by atoms with Gasteiger partial charge in [0.25, 0.3) is 6.43 Å². The standard InChI is InChI=1S/C14H20F2N2O3/c1-2-20-14(7-5-3-4-6-8-14)13-17-11(21-18-13)9-10(19)12(15)16/h12H,2-9H2,1H3. The SMILES string of the molecule is CCOC1(c2noc(CC(=O)C(F)F)n2)CCCCCC1. The molecule has 21 heavy (non-hydrogen) atoms. The summed E-state index contributed by atoms with van der Waals surface area (Å²) >= 11 is 0. The Labute approximate surface area is 122 Å². The Kier molecular flexibility index (Phi) is 5.39. The van der Waals surface area contributed by atoms with E-state index in [-0.39, 0.29) is 5.89 Å². The molecule has 0 aliphatic heterocycles. The molecule has 1 heterocycles. The summed E-state index contributed by atoms with van der Waals surface area (Å²) < 4.78 is 35.4. The molecule has 5 nitrogen and oxygen atoms in total. The summed E-state index contributed by atoms with van der Waals surface area (Å²) in [6, 6.07) is 0. The van der Waals surface area contributed by atoms with Gasteiger partial charge in [0.15, 0.2) is 0 Å². The first-order valence-corrected chi connectivity index (χ1v) is 7.35. The molecular weight excluding hydrogens is 282 g/mol. The average molecular weight is 302 g/mol. The number of carbonyl (C=O) groups is 1. The number of alkyl halides is 2. The Morgan fingerprint density at radius 2 is 2.00 bits per heavy atom. The Morgan fingerprint density at radius 1 is 1.33 bits per heavy atom. The maximum atomic E-state index is 12.3. The van der Waals surface area contributed by atoms with E-state index in [0.717, 1.165) is 38.5 Å². The first-order chi connectivity index (χ1) is 10.1. The number of hydrogen-bond acceptors (Lipinski definition) is 5. The van der Waals surface area contributed by atoms with Crippen LogP contribution in [0.25, 0.3) is 0 Å². The normalized spacial score (nSPS) is 18.7. The highest BCUT2D eigenvalue weighted by Gasteiger charge is 2.38. The predicted octanol–water partition coefficient (Wildman–Crippen LogP) is 3.03. The maximum absolute atomic E-state index is 12.3. The zero-order valence-corrected chi connectivity index (χ0v) is 12.1. The van der Waals surface area contributed by atoms with Crippen LogP contribution in [0.1, 0.15) is 57.2 Å². The summed E-state index contributed by atoms with van der Waals surface area (Å²) in [7, 11) is 0. The first-order valence-electron chi connectivity index (χ1n) is 7.35. The minimum Gasteiger partial charge on any atom is -0.367 e. The number of rotatable bonds is 6. The molecule has 118 valence electrons. The van der Waals surface area contributed by atoms with Gasteiger partial charge in [-0.2, -0.15) is 4.98 Å². The zero-order chi connectivity index (χ0) is 15.3. The third kappa shape index (κ3) is 3.84. The van der Waals surface area contributed by atoms with Gasteiger partial charge in [-0.3, -0.25) is 4.79 Å². The maximum Gasteiger partial charge on any atom is 0.296 e. The number of ether oxygens (including phenoxy) is 1. The van der Waals surface area contributed by atoms with Crippen molar-refractivity contribution in [2.45, 2.75) is 63.9 Å². The van der Waals surface area contributed by atoms with Crippen molar-refractivity contribution in [3.63, 3.8) is 0 Å². The molecule has 0 spiro atoms. The van der Waals surface area contributed by atoms with E-state index in [1.807, 2.05) is 6.92 Å². The van der Waals surface area contributed by atoms with Crippen LogP contribution in [-0.2, 0) is 21.6 Å². The van der Waals surface area contributed by atoms with E-state index in [9.17, 15) is 13.6 Å². The fourth-order valence-electron chi connectivity index (χ4n) is 2.75. The van der Waals surface area contributed by atoms with Crippen LogP contribution >= 0.6 is 0 Å². The van der Waals surface area contributed by atoms with Crippen molar-refractivity contribution in [3.05, 3.63) is 11.7 Å². The smallest absolute Gasteiger partial charge is 0.296 e. The number of nitrogens with zero attached hydrogens (tertiary/aromatic N) is 2. The number of aromatic nitrogens is 2. The molecule has 1 aliphatic rings. The molecule has 7 heteroatoms. The molecule has 1 aromatic rings. The molecule has 0 radical (unpaired) electrons. The quantitative estimate of drug-likeness (QED) is 0.756. The minimum absolute atomic E-state index is 0.0707. The van der Waals surface area contributed by atoms with Gasteiger partial charge in [0.1, 0.15) is 5.60 Å². The molecule has 0 aromatic carbocycles. The molecule has 0 bridgehead atoms. The monoisotopic (exact) mass is 302 g/mol. The third-order valence-electron chi connectivity index (χ3n) is 3.78. The van der Waals surface area contributed by atoms with Gasteiger partial charge in [-0.15, -0.1) is 0 Å². The lowest BCUT2D eigenvalue weighted by Crippen LogP contribution is -2.31. The van der Waals surface area contributed by atoms with Gasteiger partial charge in [-0.1, -0.05) is 30.8 Å². The van der Waals surface area contributed by atoms with Gasteiger partial charge < -0.3 is 9.26 Å². The molecule has 2 rings (SSSR count). The van der Waals surface area contributed by atoms with Gasteiger partial charge in [0, 0.05) is 6.61 Å². The van der Waals surface area contributed by atoms with Crippen LogP contribution in [0, 0.1) is 0 Å². The van der Waals surface area contributed by atoms with Crippen LogP contribution in [0.2, 0.25) is 0 Å². The van der Waals surface area contributed by atoms with Crippen molar-refractivity contribution in [3.8, 4) is 0 Å². The second-order valence-corrected chi connectivity index (χ2v) is 5.30. The fourth-order valence-corrected chi connectivity index (χ4v) is 2.75. The largest absolute Gasteiger partial charge is 0.367 e. The molecule has 1 fully saturated rings. The molecule has 1 aromatic heterocycles. The topological polar surface area (TPSA) is 65.2 Å². The number of Topliss-reactive ketones (excluding diaryl/α,β-unsaturated/α-hetero) is 1. The van der Waals surface area contributed by atoms with Crippen LogP contribution in [0.4, 0.5) is 8.78 Å². The Morgan fingerprint density at radius 3 is 2.57 bits per heavy atom. The summed E-state index contributed by atoms with van der Waals surface area (Å²) in [5.74, 6) is -0.904. The van der Waals surface area contributed by atoms with E-state index < -0.39 is 24.2 Å². The van der Waals surface area contributed by atoms with Crippen molar-refractivity contribution >= 4 is 5.78 Å². The highest BCUT2D eigenvalue weighted by atomic mass is 19.3. The highest BCUT2D eigenvalue weighted by molar-refractivity contribution is 5.82. The van der Waals surface area contributed by atoms with Crippen LogP contribution in [0.5, 0.6) is 0 Å². The number of halogens is 2. The van der Waals surface area contributed by atoms with Gasteiger partial charge in [-0.05, 0) is 19.8 Å². The van der Waals surface area contributed by atoms with Crippen molar-refractivity contribution in [2.24, 2.45) is 0 Å². The van der Waals surface area contributed by atoms with E-state index in [1.54, 1.807) is 0 Å². The average Bonchev–Trinajstić information content (AvgIpc) is 2.78. The van der Waals surface area contributed by atoms with Crippen LogP contribution < -0.4 is 0 Å². The summed E-state index contributed by atoms with van der Waals surface area (Å²) in [5.41, 5.74) is -0.610. The third-order valence-corrected chi connectivity index (χ3v) is 3.78. The van der Waals surface area contributed by atoms with Crippen LogP contribution in [0.15, 0.2) is 4.52 Å². The molecule has 1 saturated carbocycles. The molecule has 0 amide bonds. The van der Waals surface area contributed by atoms with Crippen molar-refractivity contribution in [1.29, 1.82) is 0 Å². The number of carbonyl (C=O) groups excluding carboxylic acids is 1.